The molecule has 0 unspecified atom stereocenters. The summed E-state index contributed by atoms with van der Waals surface area (Å²) in [5.74, 6) is -0.403. The predicted octanol–water partition coefficient (Wildman–Crippen LogP) is 3.42. The summed E-state index contributed by atoms with van der Waals surface area (Å²) in [6.45, 7) is 2.28. The first-order chi connectivity index (χ1) is 16.9. The van der Waals surface area contributed by atoms with Gasteiger partial charge in [0.1, 0.15) is 0 Å². The van der Waals surface area contributed by atoms with Crippen LogP contribution in [0.1, 0.15) is 42.6 Å². The number of rotatable bonds is 8. The van der Waals surface area contributed by atoms with Crippen molar-refractivity contribution in [2.24, 2.45) is 0 Å². The van der Waals surface area contributed by atoms with E-state index in [1.807, 2.05) is 36.4 Å². The van der Waals surface area contributed by atoms with Gasteiger partial charge in [0.25, 0.3) is 0 Å². The Kier molecular flexibility index (Phi) is 7.57. The molecule has 2 amide bonds. The lowest BCUT2D eigenvalue weighted by molar-refractivity contribution is -0.122. The van der Waals surface area contributed by atoms with E-state index >= 15 is 0 Å². The molecule has 1 aliphatic heterocycles. The second-order valence-corrected chi connectivity index (χ2v) is 10.2. The third-order valence-electron chi connectivity index (χ3n) is 6.00. The van der Waals surface area contributed by atoms with Gasteiger partial charge in [0.15, 0.2) is 0 Å². The molecule has 0 saturated heterocycles. The van der Waals surface area contributed by atoms with E-state index in [9.17, 15) is 18.0 Å². The number of anilines is 1. The maximum Gasteiger partial charge on any atom is 0.243 e. The highest BCUT2D eigenvalue weighted by Crippen LogP contribution is 2.36. The normalized spacial score (nSPS) is 15.7. The zero-order valence-electron chi connectivity index (χ0n) is 19.5. The fourth-order valence-electron chi connectivity index (χ4n) is 4.16. The van der Waals surface area contributed by atoms with E-state index in [0.717, 1.165) is 16.8 Å². The van der Waals surface area contributed by atoms with E-state index in [4.69, 9.17) is 0 Å². The van der Waals surface area contributed by atoms with Crippen molar-refractivity contribution < 1.29 is 18.0 Å². The molecule has 0 fully saturated rings. The molecule has 9 heteroatoms. The molecule has 1 atom stereocenters. The molecule has 2 aromatic carbocycles. The van der Waals surface area contributed by atoms with E-state index in [0.29, 0.717) is 18.5 Å². The maximum atomic E-state index is 13.7. The molecule has 0 saturated carbocycles. The first-order valence-electron chi connectivity index (χ1n) is 11.5. The van der Waals surface area contributed by atoms with Gasteiger partial charge in [-0.1, -0.05) is 37.3 Å². The molecule has 0 radical (unpaired) electrons. The minimum Gasteiger partial charge on any atom is -0.350 e. The lowest BCUT2D eigenvalue weighted by Crippen LogP contribution is -2.42. The number of benzene rings is 2. The second-order valence-electron chi connectivity index (χ2n) is 8.31. The Hall–Kier alpha value is -3.56. The number of sulfonamides is 1. The monoisotopic (exact) mass is 492 g/mol. The van der Waals surface area contributed by atoms with E-state index in [1.165, 1.54) is 16.4 Å². The van der Waals surface area contributed by atoms with Crippen LogP contribution in [0.5, 0.6) is 0 Å². The molecule has 182 valence electrons. The number of carbonyl (C=O) groups excluding carboxylic acids is 2. The average Bonchev–Trinajstić information content (AvgIpc) is 2.88. The van der Waals surface area contributed by atoms with Gasteiger partial charge < -0.3 is 10.6 Å². The van der Waals surface area contributed by atoms with Gasteiger partial charge in [0.2, 0.25) is 21.8 Å². The molecule has 35 heavy (non-hydrogen) atoms. The molecule has 0 bridgehead atoms. The third kappa shape index (κ3) is 5.75. The maximum absolute atomic E-state index is 13.7. The van der Waals surface area contributed by atoms with Crippen LogP contribution in [0.25, 0.3) is 0 Å². The zero-order valence-corrected chi connectivity index (χ0v) is 20.3. The summed E-state index contributed by atoms with van der Waals surface area (Å²) in [6.07, 6.45) is 2.54. The number of nitrogens with zero attached hydrogens (tertiary/aromatic N) is 2. The van der Waals surface area contributed by atoms with Gasteiger partial charge in [-0.2, -0.15) is 4.31 Å². The smallest absolute Gasteiger partial charge is 0.243 e. The van der Waals surface area contributed by atoms with Gasteiger partial charge in [-0.3, -0.25) is 14.6 Å². The Morgan fingerprint density at radius 3 is 2.46 bits per heavy atom. The van der Waals surface area contributed by atoms with Gasteiger partial charge in [0, 0.05) is 31.3 Å². The van der Waals surface area contributed by atoms with Gasteiger partial charge in [0.05, 0.1) is 23.2 Å². The summed E-state index contributed by atoms with van der Waals surface area (Å²) >= 11 is 0. The van der Waals surface area contributed by atoms with Crippen LogP contribution in [0.2, 0.25) is 0 Å². The Labute approximate surface area is 205 Å². The molecule has 8 nitrogen and oxygen atoms in total. The number of amides is 2. The van der Waals surface area contributed by atoms with Crippen molar-refractivity contribution in [3.05, 3.63) is 89.7 Å². The predicted molar refractivity (Wildman–Crippen MR) is 133 cm³/mol. The van der Waals surface area contributed by atoms with Gasteiger partial charge in [-0.15, -0.1) is 0 Å². The Balaban J connectivity index is 1.57. The molecule has 3 aromatic rings. The van der Waals surface area contributed by atoms with Crippen LogP contribution in [0.3, 0.4) is 0 Å². The summed E-state index contributed by atoms with van der Waals surface area (Å²) in [5.41, 5.74) is 3.14. The van der Waals surface area contributed by atoms with Gasteiger partial charge in [-0.05, 0) is 53.9 Å². The van der Waals surface area contributed by atoms with Crippen LogP contribution in [0.4, 0.5) is 5.69 Å². The van der Waals surface area contributed by atoms with Crippen LogP contribution in [-0.2, 0) is 32.6 Å². The summed E-state index contributed by atoms with van der Waals surface area (Å²) in [5, 5.41) is 5.58. The van der Waals surface area contributed by atoms with Crippen LogP contribution in [0, 0.1) is 0 Å². The van der Waals surface area contributed by atoms with Crippen molar-refractivity contribution in [3.63, 3.8) is 0 Å². The van der Waals surface area contributed by atoms with Crippen molar-refractivity contribution in [1.82, 2.24) is 14.6 Å². The largest absolute Gasteiger partial charge is 0.350 e. The minimum absolute atomic E-state index is 0.00623. The molecule has 2 N–H and O–H groups in total. The van der Waals surface area contributed by atoms with Gasteiger partial charge >= 0.3 is 0 Å². The number of nitrogens with one attached hydrogen (secondary N) is 2. The van der Waals surface area contributed by atoms with Crippen LogP contribution >= 0.6 is 0 Å². The summed E-state index contributed by atoms with van der Waals surface area (Å²) < 4.78 is 28.7. The Morgan fingerprint density at radius 2 is 1.74 bits per heavy atom. The number of aromatic nitrogens is 1. The highest BCUT2D eigenvalue weighted by Gasteiger charge is 2.37. The first kappa shape index (κ1) is 24.6. The molecule has 0 spiro atoms. The molecule has 4 rings (SSSR count). The fraction of sp³-hybridized carbons (Fsp3) is 0.269. The van der Waals surface area contributed by atoms with Crippen molar-refractivity contribution in [3.8, 4) is 0 Å². The fourth-order valence-corrected chi connectivity index (χ4v) is 5.77. The number of pyridine rings is 1. The Bertz CT molecular complexity index is 1290. The SMILES string of the molecule is CCC(=O)Nc1ccc(S(=O)(=O)N2CCc3ccccc3[C@@H]2CC(=O)NCc2ccccn2)cc1. The lowest BCUT2D eigenvalue weighted by Gasteiger charge is -2.36. The number of hydrogen-bond donors (Lipinski definition) is 2. The Morgan fingerprint density at radius 1 is 1.00 bits per heavy atom. The minimum atomic E-state index is -3.89. The van der Waals surface area contributed by atoms with Crippen LogP contribution in [0.15, 0.2) is 77.8 Å². The summed E-state index contributed by atoms with van der Waals surface area (Å²) in [4.78, 5) is 28.8. The van der Waals surface area contributed by atoms with Crippen molar-refractivity contribution >= 4 is 27.5 Å². The molecular weight excluding hydrogens is 464 g/mol. The average molecular weight is 493 g/mol. The topological polar surface area (TPSA) is 108 Å². The standard InChI is InChI=1S/C26H28N4O4S/c1-2-25(31)29-20-10-12-22(13-11-20)35(33,34)30-16-14-19-7-3-4-9-23(19)24(30)17-26(32)28-18-21-8-5-6-15-27-21/h3-13,15,24H,2,14,16-18H2,1H3,(H,28,32)(H,29,31)/t24-/m0/s1. The van der Waals surface area contributed by atoms with E-state index < -0.39 is 16.1 Å². The molecule has 1 aromatic heterocycles. The highest BCUT2D eigenvalue weighted by atomic mass is 32.2. The van der Waals surface area contributed by atoms with Crippen LogP contribution < -0.4 is 10.6 Å². The molecular formula is C26H28N4O4S. The van der Waals surface area contributed by atoms with E-state index in [2.05, 4.69) is 15.6 Å². The quantitative estimate of drug-likeness (QED) is 0.501. The van der Waals surface area contributed by atoms with Gasteiger partial charge in [-0.25, -0.2) is 8.42 Å². The molecule has 0 aliphatic carbocycles. The second kappa shape index (κ2) is 10.8. The summed E-state index contributed by atoms with van der Waals surface area (Å²) in [7, 11) is -3.89. The first-order valence-corrected chi connectivity index (χ1v) is 13.0. The number of fused-ring (bicyclic) bond motifs is 1. The molecule has 1 aliphatic rings. The number of hydrogen-bond acceptors (Lipinski definition) is 5. The molecule has 2 heterocycles. The lowest BCUT2D eigenvalue weighted by atomic mass is 9.92. The number of carbonyl (C=O) groups is 2. The zero-order chi connectivity index (χ0) is 24.8. The van der Waals surface area contributed by atoms with Crippen LogP contribution in [-0.4, -0.2) is 36.1 Å². The van der Waals surface area contributed by atoms with E-state index in [-0.39, 0.29) is 36.2 Å². The van der Waals surface area contributed by atoms with Crippen molar-refractivity contribution in [1.29, 1.82) is 0 Å². The highest BCUT2D eigenvalue weighted by molar-refractivity contribution is 7.89. The van der Waals surface area contributed by atoms with E-state index in [1.54, 1.807) is 31.3 Å². The van der Waals surface area contributed by atoms with Crippen molar-refractivity contribution in [2.45, 2.75) is 43.7 Å². The summed E-state index contributed by atoms with van der Waals surface area (Å²) in [6, 6.07) is 18.6. The van der Waals surface area contributed by atoms with Crippen molar-refractivity contribution in [2.75, 3.05) is 11.9 Å². The third-order valence-corrected chi connectivity index (χ3v) is 7.92.